The van der Waals surface area contributed by atoms with Crippen LogP contribution >= 0.6 is 11.3 Å². The van der Waals surface area contributed by atoms with Crippen molar-refractivity contribution >= 4 is 34.3 Å². The molecule has 4 rings (SSSR count). The number of carbonyl (C=O) groups is 1. The van der Waals surface area contributed by atoms with Crippen molar-refractivity contribution in [3.8, 4) is 17.0 Å². The lowest BCUT2D eigenvalue weighted by molar-refractivity contribution is 0.0955. The number of nitrogens with one attached hydrogen (secondary N) is 2. The smallest absolute Gasteiger partial charge is 0.271 e. The standard InChI is InChI=1S/C25H22N4O2S/c1-17-6-12-21(13-7-17)27-25-28-23(16-32-25)19-8-10-20(11-9-19)24(30)29-26-15-18-4-3-5-22(14-18)31-2/h3-16H,1-2H3,(H,27,28)(H,29,30)/b26-15-. The number of ether oxygens (including phenoxy) is 1. The Hall–Kier alpha value is -3.97. The van der Waals surface area contributed by atoms with Crippen LogP contribution in [0.5, 0.6) is 5.75 Å². The van der Waals surface area contributed by atoms with E-state index in [-0.39, 0.29) is 5.91 Å². The van der Waals surface area contributed by atoms with Gasteiger partial charge in [-0.15, -0.1) is 11.3 Å². The van der Waals surface area contributed by atoms with Crippen LogP contribution in [0.1, 0.15) is 21.5 Å². The van der Waals surface area contributed by atoms with Gasteiger partial charge in [0.05, 0.1) is 19.0 Å². The van der Waals surface area contributed by atoms with Gasteiger partial charge >= 0.3 is 0 Å². The molecule has 1 amide bonds. The van der Waals surface area contributed by atoms with Crippen LogP contribution < -0.4 is 15.5 Å². The van der Waals surface area contributed by atoms with Gasteiger partial charge < -0.3 is 10.1 Å². The Labute approximate surface area is 190 Å². The molecule has 4 aromatic rings. The maximum absolute atomic E-state index is 12.4. The first-order chi connectivity index (χ1) is 15.6. The summed E-state index contributed by atoms with van der Waals surface area (Å²) < 4.78 is 5.18. The first-order valence-corrected chi connectivity index (χ1v) is 10.9. The summed E-state index contributed by atoms with van der Waals surface area (Å²) in [5.74, 6) is 0.450. The molecule has 1 heterocycles. The van der Waals surface area contributed by atoms with Crippen LogP contribution in [0.25, 0.3) is 11.3 Å². The molecule has 0 saturated carbocycles. The largest absolute Gasteiger partial charge is 0.497 e. The molecule has 1 aromatic heterocycles. The molecule has 32 heavy (non-hydrogen) atoms. The molecule has 0 bridgehead atoms. The van der Waals surface area contributed by atoms with Crippen LogP contribution in [0.15, 0.2) is 83.3 Å². The number of rotatable bonds is 7. The fraction of sp³-hybridized carbons (Fsp3) is 0.0800. The Bertz CT molecular complexity index is 1230. The van der Waals surface area contributed by atoms with Crippen molar-refractivity contribution < 1.29 is 9.53 Å². The number of methoxy groups -OCH3 is 1. The predicted molar refractivity (Wildman–Crippen MR) is 130 cm³/mol. The summed E-state index contributed by atoms with van der Waals surface area (Å²) in [4.78, 5) is 17.0. The summed E-state index contributed by atoms with van der Waals surface area (Å²) in [5.41, 5.74) is 7.90. The normalized spacial score (nSPS) is 10.8. The van der Waals surface area contributed by atoms with Crippen LogP contribution in [0.2, 0.25) is 0 Å². The molecule has 0 aliphatic carbocycles. The molecule has 0 spiro atoms. The SMILES string of the molecule is COc1cccc(/C=N\NC(=O)c2ccc(-c3csc(Nc4ccc(C)cc4)n3)cc2)c1. The quantitative estimate of drug-likeness (QED) is 0.287. The highest BCUT2D eigenvalue weighted by molar-refractivity contribution is 7.14. The highest BCUT2D eigenvalue weighted by Crippen LogP contribution is 2.27. The first-order valence-electron chi connectivity index (χ1n) is 9.98. The van der Waals surface area contributed by atoms with E-state index in [2.05, 4.69) is 39.9 Å². The highest BCUT2D eigenvalue weighted by atomic mass is 32.1. The lowest BCUT2D eigenvalue weighted by atomic mass is 10.1. The van der Waals surface area contributed by atoms with Crippen molar-refractivity contribution in [1.29, 1.82) is 0 Å². The second kappa shape index (κ2) is 9.89. The molecule has 0 radical (unpaired) electrons. The zero-order valence-corrected chi connectivity index (χ0v) is 18.5. The van der Waals surface area contributed by atoms with E-state index >= 15 is 0 Å². The second-order valence-electron chi connectivity index (χ2n) is 7.08. The van der Waals surface area contributed by atoms with Crippen LogP contribution in [0.4, 0.5) is 10.8 Å². The van der Waals surface area contributed by atoms with E-state index in [1.807, 2.05) is 53.9 Å². The van der Waals surface area contributed by atoms with Gasteiger partial charge in [-0.1, -0.05) is 42.0 Å². The highest BCUT2D eigenvalue weighted by Gasteiger charge is 2.08. The molecule has 2 N–H and O–H groups in total. The van der Waals surface area contributed by atoms with Crippen molar-refractivity contribution in [2.75, 3.05) is 12.4 Å². The van der Waals surface area contributed by atoms with Crippen LogP contribution in [-0.4, -0.2) is 24.2 Å². The lowest BCUT2D eigenvalue weighted by Crippen LogP contribution is -2.17. The minimum Gasteiger partial charge on any atom is -0.497 e. The summed E-state index contributed by atoms with van der Waals surface area (Å²) in [6.07, 6.45) is 1.58. The van der Waals surface area contributed by atoms with E-state index in [0.717, 1.165) is 33.4 Å². The van der Waals surface area contributed by atoms with Gasteiger partial charge in [0.1, 0.15) is 5.75 Å². The monoisotopic (exact) mass is 442 g/mol. The number of thiazole rings is 1. The lowest BCUT2D eigenvalue weighted by Gasteiger charge is -2.03. The number of carbonyl (C=O) groups excluding carboxylic acids is 1. The van der Waals surface area contributed by atoms with Crippen LogP contribution in [0, 0.1) is 6.92 Å². The number of hydrogen-bond acceptors (Lipinski definition) is 6. The number of hydrazone groups is 1. The van der Waals surface area contributed by atoms with Gasteiger partial charge in [-0.2, -0.15) is 5.10 Å². The van der Waals surface area contributed by atoms with Gasteiger partial charge in [-0.3, -0.25) is 4.79 Å². The average Bonchev–Trinajstić information content (AvgIpc) is 3.29. The van der Waals surface area contributed by atoms with E-state index in [1.165, 1.54) is 16.9 Å². The van der Waals surface area contributed by atoms with Crippen LogP contribution in [-0.2, 0) is 0 Å². The molecular weight excluding hydrogens is 420 g/mol. The number of amides is 1. The number of benzene rings is 3. The van der Waals surface area contributed by atoms with Crippen molar-refractivity contribution in [1.82, 2.24) is 10.4 Å². The van der Waals surface area contributed by atoms with Crippen molar-refractivity contribution in [3.05, 3.63) is 94.9 Å². The zero-order chi connectivity index (χ0) is 22.3. The third kappa shape index (κ3) is 5.39. The Morgan fingerprint density at radius 3 is 2.59 bits per heavy atom. The molecule has 0 unspecified atom stereocenters. The third-order valence-corrected chi connectivity index (χ3v) is 5.48. The average molecular weight is 443 g/mol. The van der Waals surface area contributed by atoms with Gasteiger partial charge in [-0.25, -0.2) is 10.4 Å². The van der Waals surface area contributed by atoms with Gasteiger partial charge in [0, 0.05) is 22.2 Å². The van der Waals surface area contributed by atoms with E-state index in [9.17, 15) is 4.79 Å². The molecule has 0 aliphatic rings. The molecule has 0 aliphatic heterocycles. The second-order valence-corrected chi connectivity index (χ2v) is 7.94. The maximum atomic E-state index is 12.4. The van der Waals surface area contributed by atoms with E-state index in [1.54, 1.807) is 25.5 Å². The number of hydrogen-bond donors (Lipinski definition) is 2. The van der Waals surface area contributed by atoms with Gasteiger partial charge in [-0.05, 0) is 48.9 Å². The fourth-order valence-electron chi connectivity index (χ4n) is 2.97. The minimum atomic E-state index is -0.282. The molecule has 0 atom stereocenters. The summed E-state index contributed by atoms with van der Waals surface area (Å²) >= 11 is 1.54. The molecule has 0 fully saturated rings. The predicted octanol–water partition coefficient (Wildman–Crippen LogP) is 5.63. The van der Waals surface area contributed by atoms with Crippen molar-refractivity contribution in [3.63, 3.8) is 0 Å². The Balaban J connectivity index is 1.37. The summed E-state index contributed by atoms with van der Waals surface area (Å²) in [5, 5.41) is 10.1. The topological polar surface area (TPSA) is 75.6 Å². The van der Waals surface area contributed by atoms with Gasteiger partial charge in [0.25, 0.3) is 5.91 Å². The molecule has 0 saturated heterocycles. The molecular formula is C25H22N4O2S. The molecule has 6 nitrogen and oxygen atoms in total. The van der Waals surface area contributed by atoms with E-state index < -0.39 is 0 Å². The van der Waals surface area contributed by atoms with Crippen LogP contribution in [0.3, 0.4) is 0 Å². The van der Waals surface area contributed by atoms with E-state index in [0.29, 0.717) is 5.56 Å². The Morgan fingerprint density at radius 2 is 1.84 bits per heavy atom. The zero-order valence-electron chi connectivity index (χ0n) is 17.7. The molecule has 3 aromatic carbocycles. The van der Waals surface area contributed by atoms with Crippen molar-refractivity contribution in [2.45, 2.75) is 6.92 Å². The first kappa shape index (κ1) is 21.3. The molecule has 160 valence electrons. The third-order valence-electron chi connectivity index (χ3n) is 4.72. The Morgan fingerprint density at radius 1 is 1.06 bits per heavy atom. The number of aryl methyl sites for hydroxylation is 1. The number of anilines is 2. The Kier molecular flexibility index (Phi) is 6.57. The molecule has 7 heteroatoms. The number of aromatic nitrogens is 1. The summed E-state index contributed by atoms with van der Waals surface area (Å²) in [7, 11) is 1.61. The number of nitrogens with zero attached hydrogens (tertiary/aromatic N) is 2. The van der Waals surface area contributed by atoms with Gasteiger partial charge in [0.15, 0.2) is 5.13 Å². The van der Waals surface area contributed by atoms with Crippen molar-refractivity contribution in [2.24, 2.45) is 5.10 Å². The summed E-state index contributed by atoms with van der Waals surface area (Å²) in [6, 6.07) is 22.9. The fourth-order valence-corrected chi connectivity index (χ4v) is 3.71. The summed E-state index contributed by atoms with van der Waals surface area (Å²) in [6.45, 7) is 2.06. The minimum absolute atomic E-state index is 0.282. The van der Waals surface area contributed by atoms with Gasteiger partial charge in [0.2, 0.25) is 0 Å². The van der Waals surface area contributed by atoms with E-state index in [4.69, 9.17) is 4.74 Å². The maximum Gasteiger partial charge on any atom is 0.271 e.